The highest BCUT2D eigenvalue weighted by Gasteiger charge is 2.19. The molecule has 0 aromatic carbocycles. The predicted octanol–water partition coefficient (Wildman–Crippen LogP) is 2.72. The van der Waals surface area contributed by atoms with Gasteiger partial charge in [-0.25, -0.2) is 0 Å². The molecule has 0 aliphatic rings. The molecular weight excluding hydrogens is 242 g/mol. The second kappa shape index (κ2) is 8.27. The first-order valence-electron chi connectivity index (χ1n) is 7.15. The van der Waals surface area contributed by atoms with Crippen LogP contribution in [0.3, 0.4) is 0 Å². The average molecular weight is 269 g/mol. The van der Waals surface area contributed by atoms with E-state index in [0.717, 1.165) is 25.7 Å². The molecule has 5 nitrogen and oxygen atoms in total. The summed E-state index contributed by atoms with van der Waals surface area (Å²) < 4.78 is 10.7. The summed E-state index contributed by atoms with van der Waals surface area (Å²) in [5.74, 6) is 2.35. The molecule has 2 unspecified atom stereocenters. The fourth-order valence-electron chi connectivity index (χ4n) is 2.27. The lowest BCUT2D eigenvalue weighted by molar-refractivity contribution is 0.0854. The zero-order valence-corrected chi connectivity index (χ0v) is 12.6. The van der Waals surface area contributed by atoms with Gasteiger partial charge < -0.3 is 15.0 Å². The van der Waals surface area contributed by atoms with Crippen molar-refractivity contribution >= 4 is 0 Å². The first kappa shape index (κ1) is 16.1. The third-order valence-electron chi connectivity index (χ3n) is 3.21. The SMILES string of the molecule is CCCC(OC)c1noc(CC(CN)CC(C)C)n1. The molecule has 1 aromatic heterocycles. The van der Waals surface area contributed by atoms with Crippen molar-refractivity contribution in [3.05, 3.63) is 11.7 Å². The third-order valence-corrected chi connectivity index (χ3v) is 3.21. The van der Waals surface area contributed by atoms with E-state index in [1.807, 2.05) is 0 Å². The van der Waals surface area contributed by atoms with Crippen LogP contribution < -0.4 is 5.73 Å². The molecule has 0 spiro atoms. The summed E-state index contributed by atoms with van der Waals surface area (Å²) in [4.78, 5) is 4.44. The van der Waals surface area contributed by atoms with Crippen molar-refractivity contribution in [3.63, 3.8) is 0 Å². The average Bonchev–Trinajstić information content (AvgIpc) is 2.82. The summed E-state index contributed by atoms with van der Waals surface area (Å²) in [6, 6.07) is 0. The topological polar surface area (TPSA) is 74.2 Å². The Bertz CT molecular complexity index is 352. The Labute approximate surface area is 115 Å². The Morgan fingerprint density at radius 1 is 1.37 bits per heavy atom. The highest BCUT2D eigenvalue weighted by Crippen LogP contribution is 2.21. The summed E-state index contributed by atoms with van der Waals surface area (Å²) in [5.41, 5.74) is 5.79. The molecule has 110 valence electrons. The zero-order chi connectivity index (χ0) is 14.3. The van der Waals surface area contributed by atoms with Gasteiger partial charge in [-0.15, -0.1) is 0 Å². The highest BCUT2D eigenvalue weighted by atomic mass is 16.5. The number of hydrogen-bond acceptors (Lipinski definition) is 5. The Morgan fingerprint density at radius 2 is 2.11 bits per heavy atom. The monoisotopic (exact) mass is 269 g/mol. The van der Waals surface area contributed by atoms with Gasteiger partial charge in [-0.3, -0.25) is 0 Å². The summed E-state index contributed by atoms with van der Waals surface area (Å²) >= 11 is 0. The van der Waals surface area contributed by atoms with Crippen molar-refractivity contribution in [1.82, 2.24) is 10.1 Å². The normalized spacial score (nSPS) is 14.8. The quantitative estimate of drug-likeness (QED) is 0.746. The number of methoxy groups -OCH3 is 1. The number of hydrogen-bond donors (Lipinski definition) is 1. The van der Waals surface area contributed by atoms with E-state index in [-0.39, 0.29) is 6.10 Å². The predicted molar refractivity (Wildman–Crippen MR) is 74.7 cm³/mol. The van der Waals surface area contributed by atoms with Gasteiger partial charge in [-0.2, -0.15) is 4.98 Å². The minimum Gasteiger partial charge on any atom is -0.373 e. The third kappa shape index (κ3) is 5.28. The van der Waals surface area contributed by atoms with Gasteiger partial charge in [0.1, 0.15) is 6.10 Å². The first-order chi connectivity index (χ1) is 9.10. The van der Waals surface area contributed by atoms with E-state index in [9.17, 15) is 0 Å². The molecule has 0 saturated heterocycles. The maximum Gasteiger partial charge on any atom is 0.227 e. The van der Waals surface area contributed by atoms with Gasteiger partial charge in [0.2, 0.25) is 11.7 Å². The fraction of sp³-hybridized carbons (Fsp3) is 0.857. The van der Waals surface area contributed by atoms with Crippen LogP contribution in [0.2, 0.25) is 0 Å². The van der Waals surface area contributed by atoms with E-state index in [4.69, 9.17) is 15.0 Å². The Balaban J connectivity index is 2.62. The molecule has 0 aliphatic heterocycles. The maximum absolute atomic E-state index is 5.79. The number of rotatable bonds is 9. The van der Waals surface area contributed by atoms with Gasteiger partial charge in [-0.1, -0.05) is 32.3 Å². The van der Waals surface area contributed by atoms with Crippen molar-refractivity contribution in [2.24, 2.45) is 17.6 Å². The van der Waals surface area contributed by atoms with E-state index >= 15 is 0 Å². The second-order valence-corrected chi connectivity index (χ2v) is 5.49. The molecule has 0 aliphatic carbocycles. The standard InChI is InChI=1S/C14H27N3O2/c1-5-6-12(18-4)14-16-13(19-17-14)8-11(9-15)7-10(2)3/h10-12H,5-9,15H2,1-4H3. The van der Waals surface area contributed by atoms with Crippen LogP contribution in [0.4, 0.5) is 0 Å². The molecule has 1 heterocycles. The Kier molecular flexibility index (Phi) is 7.02. The number of nitrogens with zero attached hydrogens (tertiary/aromatic N) is 2. The molecular formula is C14H27N3O2. The van der Waals surface area contributed by atoms with Crippen molar-refractivity contribution in [1.29, 1.82) is 0 Å². The van der Waals surface area contributed by atoms with Crippen molar-refractivity contribution < 1.29 is 9.26 Å². The molecule has 0 saturated carbocycles. The van der Waals surface area contributed by atoms with Crippen LogP contribution in [-0.2, 0) is 11.2 Å². The second-order valence-electron chi connectivity index (χ2n) is 5.49. The lowest BCUT2D eigenvalue weighted by Crippen LogP contribution is -2.19. The molecule has 2 N–H and O–H groups in total. The number of ether oxygens (including phenoxy) is 1. The Hall–Kier alpha value is -0.940. The number of nitrogens with two attached hydrogens (primary N) is 1. The lowest BCUT2D eigenvalue weighted by Gasteiger charge is -2.14. The summed E-state index contributed by atoms with van der Waals surface area (Å²) in [7, 11) is 1.68. The molecule has 1 aromatic rings. The summed E-state index contributed by atoms with van der Waals surface area (Å²) in [6.07, 6.45) is 3.70. The molecule has 2 atom stereocenters. The van der Waals surface area contributed by atoms with Crippen LogP contribution >= 0.6 is 0 Å². The summed E-state index contributed by atoms with van der Waals surface area (Å²) in [6.45, 7) is 7.16. The van der Waals surface area contributed by atoms with E-state index in [1.54, 1.807) is 7.11 Å². The molecule has 0 radical (unpaired) electrons. The number of aromatic nitrogens is 2. The van der Waals surface area contributed by atoms with Crippen LogP contribution in [0.15, 0.2) is 4.52 Å². The zero-order valence-electron chi connectivity index (χ0n) is 12.6. The van der Waals surface area contributed by atoms with E-state index < -0.39 is 0 Å². The van der Waals surface area contributed by atoms with Gasteiger partial charge >= 0.3 is 0 Å². The molecule has 19 heavy (non-hydrogen) atoms. The van der Waals surface area contributed by atoms with Crippen molar-refractivity contribution in [2.75, 3.05) is 13.7 Å². The smallest absolute Gasteiger partial charge is 0.227 e. The van der Waals surface area contributed by atoms with Gasteiger partial charge in [0.25, 0.3) is 0 Å². The van der Waals surface area contributed by atoms with Gasteiger partial charge in [0.15, 0.2) is 0 Å². The van der Waals surface area contributed by atoms with Gasteiger partial charge in [0.05, 0.1) is 0 Å². The van der Waals surface area contributed by atoms with E-state index in [0.29, 0.717) is 30.1 Å². The maximum atomic E-state index is 5.79. The Morgan fingerprint density at radius 3 is 2.63 bits per heavy atom. The van der Waals surface area contributed by atoms with Crippen LogP contribution in [0.5, 0.6) is 0 Å². The summed E-state index contributed by atoms with van der Waals surface area (Å²) in [5, 5.41) is 4.02. The molecule has 1 rings (SSSR count). The molecule has 5 heteroatoms. The van der Waals surface area contributed by atoms with Crippen molar-refractivity contribution in [3.8, 4) is 0 Å². The molecule has 0 fully saturated rings. The fourth-order valence-corrected chi connectivity index (χ4v) is 2.27. The van der Waals surface area contributed by atoms with Crippen LogP contribution in [0.25, 0.3) is 0 Å². The van der Waals surface area contributed by atoms with E-state index in [2.05, 4.69) is 30.9 Å². The minimum atomic E-state index is -0.0658. The molecule has 0 amide bonds. The molecule has 0 bridgehead atoms. The highest BCUT2D eigenvalue weighted by molar-refractivity contribution is 4.92. The minimum absolute atomic E-state index is 0.0658. The van der Waals surface area contributed by atoms with Gasteiger partial charge in [0, 0.05) is 13.5 Å². The van der Waals surface area contributed by atoms with Gasteiger partial charge in [-0.05, 0) is 31.2 Å². The largest absolute Gasteiger partial charge is 0.373 e. The van der Waals surface area contributed by atoms with E-state index in [1.165, 1.54) is 0 Å². The van der Waals surface area contributed by atoms with Crippen LogP contribution in [0.1, 0.15) is 57.9 Å². The van der Waals surface area contributed by atoms with Crippen LogP contribution in [-0.4, -0.2) is 23.8 Å². The first-order valence-corrected chi connectivity index (χ1v) is 7.15. The van der Waals surface area contributed by atoms with Crippen LogP contribution in [0, 0.1) is 11.8 Å². The van der Waals surface area contributed by atoms with Crippen molar-refractivity contribution in [2.45, 2.75) is 52.6 Å². The lowest BCUT2D eigenvalue weighted by atomic mass is 9.94.